The minimum Gasteiger partial charge on any atom is -0.305 e. The first-order valence-corrected chi connectivity index (χ1v) is 5.98. The third-order valence-electron chi connectivity index (χ3n) is 3.34. The molecule has 2 rings (SSSR count). The molecule has 94 valence electrons. The summed E-state index contributed by atoms with van der Waals surface area (Å²) in [5.74, 6) is 0.500. The van der Waals surface area contributed by atoms with E-state index in [4.69, 9.17) is 0 Å². The molecule has 1 aliphatic carbocycles. The van der Waals surface area contributed by atoms with Gasteiger partial charge >= 0.3 is 6.18 Å². The topological polar surface area (TPSA) is 15.3 Å². The smallest absolute Gasteiger partial charge is 0.305 e. The van der Waals surface area contributed by atoms with E-state index in [-0.39, 0.29) is 6.04 Å². The van der Waals surface area contributed by atoms with Crippen molar-refractivity contribution in [2.75, 3.05) is 19.6 Å². The fraction of sp³-hybridized carbons (Fsp3) is 1.00. The first kappa shape index (κ1) is 12.2. The molecule has 2 nitrogen and oxygen atoms in total. The van der Waals surface area contributed by atoms with Gasteiger partial charge in [-0.25, -0.2) is 0 Å². The van der Waals surface area contributed by atoms with Crippen molar-refractivity contribution in [3.63, 3.8) is 0 Å². The monoisotopic (exact) mass is 236 g/mol. The summed E-state index contributed by atoms with van der Waals surface area (Å²) < 4.78 is 36.3. The van der Waals surface area contributed by atoms with E-state index in [1.807, 2.05) is 0 Å². The molecule has 0 amide bonds. The summed E-state index contributed by atoms with van der Waals surface area (Å²) in [4.78, 5) is 2.35. The Morgan fingerprint density at radius 2 is 1.94 bits per heavy atom. The number of piperidine rings is 1. The van der Waals surface area contributed by atoms with Gasteiger partial charge in [0.15, 0.2) is 0 Å². The van der Waals surface area contributed by atoms with E-state index in [1.54, 1.807) is 0 Å². The number of alkyl halides is 3. The lowest BCUT2D eigenvalue weighted by molar-refractivity contribution is -0.127. The Kier molecular flexibility index (Phi) is 3.45. The molecule has 2 unspecified atom stereocenters. The van der Waals surface area contributed by atoms with E-state index < -0.39 is 12.7 Å². The van der Waals surface area contributed by atoms with Crippen LogP contribution in [0.4, 0.5) is 13.2 Å². The van der Waals surface area contributed by atoms with Crippen LogP contribution in [0.2, 0.25) is 0 Å². The molecular weight excluding hydrogens is 217 g/mol. The summed E-state index contributed by atoms with van der Waals surface area (Å²) in [6.07, 6.45) is -0.790. The third-order valence-corrected chi connectivity index (χ3v) is 3.34. The van der Waals surface area contributed by atoms with Crippen molar-refractivity contribution < 1.29 is 13.2 Å². The Balaban J connectivity index is 1.79. The molecule has 2 aliphatic rings. The molecule has 0 aromatic carbocycles. The number of halogens is 3. The lowest BCUT2D eigenvalue weighted by atomic mass is 9.96. The van der Waals surface area contributed by atoms with Crippen LogP contribution in [0.1, 0.15) is 26.2 Å². The van der Waals surface area contributed by atoms with E-state index in [0.29, 0.717) is 12.0 Å². The predicted octanol–water partition coefficient (Wildman–Crippen LogP) is 2.01. The molecule has 0 spiro atoms. The molecule has 0 radical (unpaired) electrons. The molecule has 1 aliphatic heterocycles. The molecule has 0 aromatic heterocycles. The quantitative estimate of drug-likeness (QED) is 0.806. The van der Waals surface area contributed by atoms with Gasteiger partial charge in [0.05, 0.1) is 6.54 Å². The fourth-order valence-electron chi connectivity index (χ4n) is 2.54. The average molecular weight is 236 g/mol. The Morgan fingerprint density at radius 1 is 1.25 bits per heavy atom. The summed E-state index contributed by atoms with van der Waals surface area (Å²) in [5.41, 5.74) is 0. The minimum atomic E-state index is -4.09. The zero-order valence-electron chi connectivity index (χ0n) is 9.56. The standard InChI is InChI=1S/C11H19F3N2/c1-8-4-9(15-7-11(12,13)14)6-16(5-8)10-2-3-10/h8-10,15H,2-7H2,1H3. The lowest BCUT2D eigenvalue weighted by Gasteiger charge is -2.37. The van der Waals surface area contributed by atoms with Crippen LogP contribution in [-0.4, -0.2) is 42.8 Å². The Morgan fingerprint density at radius 3 is 2.50 bits per heavy atom. The Labute approximate surface area is 94.2 Å². The minimum absolute atomic E-state index is 0.00553. The van der Waals surface area contributed by atoms with Crippen LogP contribution in [0.5, 0.6) is 0 Å². The van der Waals surface area contributed by atoms with Crippen LogP contribution >= 0.6 is 0 Å². The van der Waals surface area contributed by atoms with Crippen molar-refractivity contribution in [3.8, 4) is 0 Å². The number of likely N-dealkylation sites (tertiary alicyclic amines) is 1. The van der Waals surface area contributed by atoms with Crippen molar-refractivity contribution in [1.82, 2.24) is 10.2 Å². The van der Waals surface area contributed by atoms with Gasteiger partial charge in [0.25, 0.3) is 0 Å². The van der Waals surface area contributed by atoms with E-state index in [0.717, 1.165) is 19.5 Å². The highest BCUT2D eigenvalue weighted by atomic mass is 19.4. The molecule has 1 N–H and O–H groups in total. The van der Waals surface area contributed by atoms with Gasteiger partial charge in [-0.1, -0.05) is 6.92 Å². The first-order chi connectivity index (χ1) is 7.44. The number of nitrogens with zero attached hydrogens (tertiary/aromatic N) is 1. The molecule has 5 heteroatoms. The maximum atomic E-state index is 12.1. The van der Waals surface area contributed by atoms with Gasteiger partial charge in [0.2, 0.25) is 0 Å². The van der Waals surface area contributed by atoms with Gasteiger partial charge in [-0.05, 0) is 25.2 Å². The summed E-state index contributed by atoms with van der Waals surface area (Å²) >= 11 is 0. The van der Waals surface area contributed by atoms with Crippen molar-refractivity contribution in [2.45, 2.75) is 44.4 Å². The van der Waals surface area contributed by atoms with Crippen molar-refractivity contribution in [3.05, 3.63) is 0 Å². The van der Waals surface area contributed by atoms with Gasteiger partial charge in [-0.3, -0.25) is 4.90 Å². The summed E-state index contributed by atoms with van der Waals surface area (Å²) in [6, 6.07) is 0.656. The molecule has 2 atom stereocenters. The average Bonchev–Trinajstić information content (AvgIpc) is 2.95. The number of rotatable bonds is 3. The second-order valence-electron chi connectivity index (χ2n) is 5.22. The maximum Gasteiger partial charge on any atom is 0.401 e. The molecule has 16 heavy (non-hydrogen) atoms. The third kappa shape index (κ3) is 3.63. The second-order valence-corrected chi connectivity index (χ2v) is 5.22. The predicted molar refractivity (Wildman–Crippen MR) is 56.2 cm³/mol. The van der Waals surface area contributed by atoms with Crippen LogP contribution in [0.15, 0.2) is 0 Å². The summed E-state index contributed by atoms with van der Waals surface area (Å²) in [5, 5.41) is 2.64. The van der Waals surface area contributed by atoms with Crippen molar-refractivity contribution >= 4 is 0 Å². The van der Waals surface area contributed by atoms with Gasteiger partial charge in [0, 0.05) is 25.2 Å². The SMILES string of the molecule is CC1CC(NCC(F)(F)F)CN(C2CC2)C1. The van der Waals surface area contributed by atoms with Gasteiger partial charge in [-0.2, -0.15) is 13.2 Å². The Bertz CT molecular complexity index is 238. The molecule has 0 bridgehead atoms. The van der Waals surface area contributed by atoms with Gasteiger partial charge in [0.1, 0.15) is 0 Å². The highest BCUT2D eigenvalue weighted by molar-refractivity contribution is 4.91. The van der Waals surface area contributed by atoms with E-state index in [1.165, 1.54) is 12.8 Å². The van der Waals surface area contributed by atoms with Crippen molar-refractivity contribution in [2.24, 2.45) is 5.92 Å². The normalized spacial score (nSPS) is 33.0. The molecule has 1 heterocycles. The van der Waals surface area contributed by atoms with Crippen LogP contribution in [-0.2, 0) is 0 Å². The summed E-state index contributed by atoms with van der Waals surface area (Å²) in [6.45, 7) is 3.10. The Hall–Kier alpha value is -0.290. The van der Waals surface area contributed by atoms with Gasteiger partial charge in [-0.15, -0.1) is 0 Å². The molecule has 1 saturated carbocycles. The van der Waals surface area contributed by atoms with E-state index in [2.05, 4.69) is 17.1 Å². The fourth-order valence-corrected chi connectivity index (χ4v) is 2.54. The van der Waals surface area contributed by atoms with Crippen LogP contribution in [0, 0.1) is 5.92 Å². The van der Waals surface area contributed by atoms with E-state index >= 15 is 0 Å². The summed E-state index contributed by atoms with van der Waals surface area (Å²) in [7, 11) is 0. The van der Waals surface area contributed by atoms with Gasteiger partial charge < -0.3 is 5.32 Å². The molecular formula is C11H19F3N2. The lowest BCUT2D eigenvalue weighted by Crippen LogP contribution is -2.51. The number of hydrogen-bond donors (Lipinski definition) is 1. The van der Waals surface area contributed by atoms with Crippen LogP contribution < -0.4 is 5.32 Å². The number of nitrogens with one attached hydrogen (secondary N) is 1. The molecule has 2 fully saturated rings. The zero-order chi connectivity index (χ0) is 11.8. The largest absolute Gasteiger partial charge is 0.401 e. The first-order valence-electron chi connectivity index (χ1n) is 5.98. The van der Waals surface area contributed by atoms with Crippen LogP contribution in [0.3, 0.4) is 0 Å². The molecule has 1 saturated heterocycles. The van der Waals surface area contributed by atoms with Crippen molar-refractivity contribution in [1.29, 1.82) is 0 Å². The molecule has 0 aromatic rings. The maximum absolute atomic E-state index is 12.1. The highest BCUT2D eigenvalue weighted by Gasteiger charge is 2.36. The zero-order valence-corrected chi connectivity index (χ0v) is 9.56. The van der Waals surface area contributed by atoms with E-state index in [9.17, 15) is 13.2 Å². The highest BCUT2D eigenvalue weighted by Crippen LogP contribution is 2.31. The number of hydrogen-bond acceptors (Lipinski definition) is 2. The second kappa shape index (κ2) is 4.53. The van der Waals surface area contributed by atoms with Crippen LogP contribution in [0.25, 0.3) is 0 Å².